The van der Waals surface area contributed by atoms with Crippen molar-refractivity contribution in [2.75, 3.05) is 24.7 Å². The Morgan fingerprint density at radius 1 is 1.50 bits per heavy atom. The van der Waals surface area contributed by atoms with Crippen LogP contribution in [0.15, 0.2) is 0 Å². The van der Waals surface area contributed by atoms with E-state index in [9.17, 15) is 8.42 Å². The molecule has 1 fully saturated rings. The van der Waals surface area contributed by atoms with Gasteiger partial charge in [-0.1, -0.05) is 6.92 Å². The highest BCUT2D eigenvalue weighted by molar-refractivity contribution is 7.89. The summed E-state index contributed by atoms with van der Waals surface area (Å²) in [5.41, 5.74) is 0. The van der Waals surface area contributed by atoms with Gasteiger partial charge < -0.3 is 0 Å². The van der Waals surface area contributed by atoms with Crippen molar-refractivity contribution in [3.05, 3.63) is 0 Å². The Kier molecular flexibility index (Phi) is 4.67. The van der Waals surface area contributed by atoms with Crippen LogP contribution in [-0.4, -0.2) is 37.4 Å². The van der Waals surface area contributed by atoms with Crippen molar-refractivity contribution < 1.29 is 8.42 Å². The molecule has 0 amide bonds. The molecule has 84 valence electrons. The molecule has 0 aromatic carbocycles. The second-order valence-corrected chi connectivity index (χ2v) is 6.43. The Morgan fingerprint density at radius 2 is 2.21 bits per heavy atom. The lowest BCUT2D eigenvalue weighted by Gasteiger charge is -2.29. The van der Waals surface area contributed by atoms with Gasteiger partial charge in [0.1, 0.15) is 0 Å². The fourth-order valence-electron chi connectivity index (χ4n) is 1.77. The van der Waals surface area contributed by atoms with Crippen molar-refractivity contribution in [1.29, 1.82) is 0 Å². The number of rotatable bonds is 4. The molecular formula is C9H18ClNO2S. The number of piperidine rings is 1. The molecule has 0 radical (unpaired) electrons. The predicted octanol–water partition coefficient (Wildman–Crippen LogP) is 1.68. The molecule has 1 atom stereocenters. The van der Waals surface area contributed by atoms with Crippen molar-refractivity contribution in [2.45, 2.75) is 26.2 Å². The van der Waals surface area contributed by atoms with Crippen LogP contribution in [0.25, 0.3) is 0 Å². The van der Waals surface area contributed by atoms with E-state index < -0.39 is 10.0 Å². The second kappa shape index (κ2) is 5.33. The van der Waals surface area contributed by atoms with Gasteiger partial charge in [-0.25, -0.2) is 12.7 Å². The fourth-order valence-corrected chi connectivity index (χ4v) is 3.71. The second-order valence-electron chi connectivity index (χ2n) is 3.96. The summed E-state index contributed by atoms with van der Waals surface area (Å²) >= 11 is 5.49. The van der Waals surface area contributed by atoms with Crippen LogP contribution in [0.5, 0.6) is 0 Å². The Bertz CT molecular complexity index is 266. The average Bonchev–Trinajstić information content (AvgIpc) is 2.15. The van der Waals surface area contributed by atoms with Gasteiger partial charge in [0.05, 0.1) is 5.75 Å². The van der Waals surface area contributed by atoms with E-state index in [0.29, 0.717) is 31.3 Å². The van der Waals surface area contributed by atoms with Gasteiger partial charge in [-0.15, -0.1) is 11.6 Å². The number of hydrogen-bond donors (Lipinski definition) is 0. The van der Waals surface area contributed by atoms with Crippen LogP contribution in [0.3, 0.4) is 0 Å². The highest BCUT2D eigenvalue weighted by Gasteiger charge is 2.26. The normalized spacial score (nSPS) is 25.1. The molecule has 0 aliphatic carbocycles. The Morgan fingerprint density at radius 3 is 2.79 bits per heavy atom. The van der Waals surface area contributed by atoms with E-state index >= 15 is 0 Å². The maximum Gasteiger partial charge on any atom is 0.214 e. The van der Waals surface area contributed by atoms with Gasteiger partial charge in [-0.3, -0.25) is 0 Å². The first-order chi connectivity index (χ1) is 6.56. The lowest BCUT2D eigenvalue weighted by Crippen LogP contribution is -2.40. The van der Waals surface area contributed by atoms with Gasteiger partial charge in [0, 0.05) is 19.0 Å². The summed E-state index contributed by atoms with van der Waals surface area (Å²) in [6.07, 6.45) is 2.68. The zero-order valence-electron chi connectivity index (χ0n) is 8.58. The molecule has 1 rings (SSSR count). The number of sulfonamides is 1. The first kappa shape index (κ1) is 12.3. The first-order valence-electron chi connectivity index (χ1n) is 5.10. The van der Waals surface area contributed by atoms with E-state index in [4.69, 9.17) is 11.6 Å². The van der Waals surface area contributed by atoms with Crippen LogP contribution in [0.1, 0.15) is 26.2 Å². The molecule has 0 N–H and O–H groups in total. The highest BCUT2D eigenvalue weighted by Crippen LogP contribution is 2.18. The lowest BCUT2D eigenvalue weighted by molar-refractivity contribution is 0.281. The van der Waals surface area contributed by atoms with Crippen LogP contribution >= 0.6 is 11.6 Å². The maximum absolute atomic E-state index is 11.8. The van der Waals surface area contributed by atoms with Crippen molar-refractivity contribution in [3.63, 3.8) is 0 Å². The van der Waals surface area contributed by atoms with Gasteiger partial charge in [-0.05, 0) is 25.2 Å². The minimum atomic E-state index is -3.03. The molecule has 3 nitrogen and oxygen atoms in total. The molecule has 0 bridgehead atoms. The molecule has 1 aliphatic heterocycles. The molecular weight excluding hydrogens is 222 g/mol. The summed E-state index contributed by atoms with van der Waals surface area (Å²) in [6, 6.07) is 0. The molecule has 0 spiro atoms. The van der Waals surface area contributed by atoms with E-state index in [-0.39, 0.29) is 5.75 Å². The Balaban J connectivity index is 2.53. The van der Waals surface area contributed by atoms with Gasteiger partial charge in [0.15, 0.2) is 0 Å². The molecule has 14 heavy (non-hydrogen) atoms. The number of nitrogens with zero attached hydrogens (tertiary/aromatic N) is 1. The quantitative estimate of drug-likeness (QED) is 0.700. The molecule has 0 aromatic rings. The van der Waals surface area contributed by atoms with E-state index in [1.807, 2.05) is 0 Å². The van der Waals surface area contributed by atoms with Crippen LogP contribution < -0.4 is 0 Å². The molecule has 0 aromatic heterocycles. The SMILES string of the molecule is C[C@@H]1CCCN(S(=O)(=O)CCCCl)C1. The molecule has 1 saturated heterocycles. The summed E-state index contributed by atoms with van der Waals surface area (Å²) < 4.78 is 25.1. The molecule has 5 heteroatoms. The Labute approximate surface area is 91.5 Å². The van der Waals surface area contributed by atoms with E-state index in [1.165, 1.54) is 0 Å². The zero-order chi connectivity index (χ0) is 10.6. The minimum Gasteiger partial charge on any atom is -0.212 e. The minimum absolute atomic E-state index is 0.198. The third-order valence-electron chi connectivity index (χ3n) is 2.55. The van der Waals surface area contributed by atoms with E-state index in [2.05, 4.69) is 6.92 Å². The molecule has 1 aliphatic rings. The average molecular weight is 240 g/mol. The lowest BCUT2D eigenvalue weighted by atomic mass is 10.0. The van der Waals surface area contributed by atoms with E-state index in [1.54, 1.807) is 4.31 Å². The standard InChI is InChI=1S/C9H18ClNO2S/c1-9-4-2-6-11(8-9)14(12,13)7-3-5-10/h9H,2-8H2,1H3/t9-/m1/s1. The van der Waals surface area contributed by atoms with Crippen LogP contribution in [0, 0.1) is 5.92 Å². The summed E-state index contributed by atoms with van der Waals surface area (Å²) in [5.74, 6) is 1.11. The van der Waals surface area contributed by atoms with Gasteiger partial charge >= 0.3 is 0 Å². The monoisotopic (exact) mass is 239 g/mol. The topological polar surface area (TPSA) is 37.4 Å². The number of halogens is 1. The largest absolute Gasteiger partial charge is 0.214 e. The maximum atomic E-state index is 11.8. The molecule has 0 saturated carbocycles. The van der Waals surface area contributed by atoms with E-state index in [0.717, 1.165) is 12.8 Å². The Hall–Kier alpha value is 0.200. The van der Waals surface area contributed by atoms with Crippen LogP contribution in [0.2, 0.25) is 0 Å². The predicted molar refractivity (Wildman–Crippen MR) is 59.1 cm³/mol. The number of hydrogen-bond acceptors (Lipinski definition) is 2. The summed E-state index contributed by atoms with van der Waals surface area (Å²) in [7, 11) is -3.03. The molecule has 0 unspecified atom stereocenters. The smallest absolute Gasteiger partial charge is 0.212 e. The number of alkyl halides is 1. The van der Waals surface area contributed by atoms with Crippen LogP contribution in [-0.2, 0) is 10.0 Å². The summed E-state index contributed by atoms with van der Waals surface area (Å²) in [5, 5.41) is 0. The van der Waals surface area contributed by atoms with Crippen LogP contribution in [0.4, 0.5) is 0 Å². The van der Waals surface area contributed by atoms with Crippen molar-refractivity contribution in [3.8, 4) is 0 Å². The van der Waals surface area contributed by atoms with Gasteiger partial charge in [-0.2, -0.15) is 0 Å². The van der Waals surface area contributed by atoms with Crippen molar-refractivity contribution in [1.82, 2.24) is 4.31 Å². The van der Waals surface area contributed by atoms with Crippen molar-refractivity contribution >= 4 is 21.6 Å². The van der Waals surface area contributed by atoms with Crippen molar-refractivity contribution in [2.24, 2.45) is 5.92 Å². The third-order valence-corrected chi connectivity index (χ3v) is 4.74. The van der Waals surface area contributed by atoms with Gasteiger partial charge in [0.2, 0.25) is 10.0 Å². The summed E-state index contributed by atoms with van der Waals surface area (Å²) in [6.45, 7) is 3.48. The summed E-state index contributed by atoms with van der Waals surface area (Å²) in [4.78, 5) is 0. The van der Waals surface area contributed by atoms with Gasteiger partial charge in [0.25, 0.3) is 0 Å². The zero-order valence-corrected chi connectivity index (χ0v) is 10.1. The first-order valence-corrected chi connectivity index (χ1v) is 7.24. The molecule has 1 heterocycles. The third kappa shape index (κ3) is 3.41. The fraction of sp³-hybridized carbons (Fsp3) is 1.00. The highest BCUT2D eigenvalue weighted by atomic mass is 35.5.